The molecule has 5 nitrogen and oxygen atoms in total. The van der Waals surface area contributed by atoms with Gasteiger partial charge < -0.3 is 10.5 Å². The molecule has 0 radical (unpaired) electrons. The number of carbonyl (C=O) groups excluding carboxylic acids is 1. The molecule has 0 spiro atoms. The maximum Gasteiger partial charge on any atom is 0.232 e. The van der Waals surface area contributed by atoms with Gasteiger partial charge in [0.1, 0.15) is 5.82 Å². The van der Waals surface area contributed by atoms with Gasteiger partial charge in [-0.3, -0.25) is 9.69 Å². The van der Waals surface area contributed by atoms with Gasteiger partial charge in [0.15, 0.2) is 5.96 Å². The number of benzene rings is 2. The molecule has 1 amide bonds. The average molecular weight is 444 g/mol. The smallest absolute Gasteiger partial charge is 0.232 e. The number of ether oxygens (including phenoxy) is 1. The largest absolute Gasteiger partial charge is 0.381 e. The summed E-state index contributed by atoms with van der Waals surface area (Å²) in [6.45, 7) is 3.91. The monoisotopic (exact) mass is 443 g/mol. The molecular formula is C24H27ClFN3O2. The van der Waals surface area contributed by atoms with Crippen LogP contribution in [0.2, 0.25) is 5.02 Å². The van der Waals surface area contributed by atoms with Crippen LogP contribution in [0.3, 0.4) is 0 Å². The van der Waals surface area contributed by atoms with Gasteiger partial charge >= 0.3 is 0 Å². The highest BCUT2D eigenvalue weighted by atomic mass is 35.5. The Morgan fingerprint density at radius 1 is 1.23 bits per heavy atom. The van der Waals surface area contributed by atoms with E-state index in [1.807, 2.05) is 25.1 Å². The number of guanidine groups is 1. The Kier molecular flexibility index (Phi) is 6.30. The zero-order valence-electron chi connectivity index (χ0n) is 17.6. The Hall–Kier alpha value is -2.44. The molecule has 31 heavy (non-hydrogen) atoms. The number of hydrogen-bond acceptors (Lipinski definition) is 4. The number of aliphatic imine (C=N–C) groups is 1. The molecule has 2 aromatic rings. The first kappa shape index (κ1) is 21.8. The number of nitrogens with zero attached hydrogens (tertiary/aromatic N) is 2. The molecule has 2 aliphatic heterocycles. The number of hydrogen-bond donors (Lipinski definition) is 1. The SMILES string of the molecule is C[C@@]1(c2cccc(Cc3ccc(F)cc3)c2Cl)CC(=O)N(CC2CCOCC2)C(N)=N1. The summed E-state index contributed by atoms with van der Waals surface area (Å²) in [5, 5.41) is 0.566. The van der Waals surface area contributed by atoms with Gasteiger partial charge in [0, 0.05) is 24.8 Å². The summed E-state index contributed by atoms with van der Waals surface area (Å²) in [6, 6.07) is 12.1. The standard InChI is InChI=1S/C24H27ClFN3O2/c1-24(14-21(30)29(23(27)28-24)15-17-9-11-31-12-10-17)20-4-2-3-18(22(20)25)13-16-5-7-19(26)8-6-16/h2-8,17H,9-15H2,1H3,(H2,27,28)/t24-/m0/s1. The Balaban J connectivity index is 1.58. The van der Waals surface area contributed by atoms with Gasteiger partial charge in [0.2, 0.25) is 5.91 Å². The van der Waals surface area contributed by atoms with Gasteiger partial charge in [-0.05, 0) is 60.9 Å². The lowest BCUT2D eigenvalue weighted by Crippen LogP contribution is -2.51. The second-order valence-corrected chi connectivity index (χ2v) is 8.94. The van der Waals surface area contributed by atoms with E-state index in [1.165, 1.54) is 12.1 Å². The first-order valence-electron chi connectivity index (χ1n) is 10.6. The van der Waals surface area contributed by atoms with Gasteiger partial charge in [0.25, 0.3) is 0 Å². The topological polar surface area (TPSA) is 67.9 Å². The minimum Gasteiger partial charge on any atom is -0.381 e. The van der Waals surface area contributed by atoms with Crippen molar-refractivity contribution in [1.29, 1.82) is 0 Å². The molecule has 0 bridgehead atoms. The minimum absolute atomic E-state index is 0.0403. The number of rotatable bonds is 5. The van der Waals surface area contributed by atoms with Crippen molar-refractivity contribution in [3.63, 3.8) is 0 Å². The van der Waals surface area contributed by atoms with Crippen LogP contribution in [0.25, 0.3) is 0 Å². The van der Waals surface area contributed by atoms with E-state index >= 15 is 0 Å². The Morgan fingerprint density at radius 2 is 1.94 bits per heavy atom. The van der Waals surface area contributed by atoms with Gasteiger partial charge in [0.05, 0.1) is 12.0 Å². The quantitative estimate of drug-likeness (QED) is 0.750. The predicted molar refractivity (Wildman–Crippen MR) is 120 cm³/mol. The van der Waals surface area contributed by atoms with Crippen molar-refractivity contribution in [2.24, 2.45) is 16.6 Å². The molecular weight excluding hydrogens is 417 g/mol. The molecule has 7 heteroatoms. The number of carbonyl (C=O) groups is 1. The highest BCUT2D eigenvalue weighted by molar-refractivity contribution is 6.32. The van der Waals surface area contributed by atoms with Crippen LogP contribution >= 0.6 is 11.6 Å². The molecule has 0 aliphatic carbocycles. The second kappa shape index (κ2) is 8.97. The zero-order valence-corrected chi connectivity index (χ0v) is 18.4. The third-order valence-electron chi connectivity index (χ3n) is 6.18. The number of amides is 1. The van der Waals surface area contributed by atoms with E-state index in [2.05, 4.69) is 0 Å². The molecule has 2 aliphatic rings. The normalized spacial score (nSPS) is 22.5. The van der Waals surface area contributed by atoms with Crippen LogP contribution < -0.4 is 5.73 Å². The highest BCUT2D eigenvalue weighted by Crippen LogP contribution is 2.39. The summed E-state index contributed by atoms with van der Waals surface area (Å²) in [4.78, 5) is 19.4. The van der Waals surface area contributed by atoms with Gasteiger partial charge in [-0.1, -0.05) is 41.9 Å². The van der Waals surface area contributed by atoms with Crippen LogP contribution in [-0.2, 0) is 21.5 Å². The van der Waals surface area contributed by atoms with E-state index in [0.29, 0.717) is 23.9 Å². The van der Waals surface area contributed by atoms with Crippen molar-refractivity contribution in [3.05, 3.63) is 70.0 Å². The van der Waals surface area contributed by atoms with Crippen LogP contribution in [0.1, 0.15) is 42.9 Å². The molecule has 0 aromatic heterocycles. The fourth-order valence-electron chi connectivity index (χ4n) is 4.36. The maximum absolute atomic E-state index is 13.2. The summed E-state index contributed by atoms with van der Waals surface area (Å²) in [7, 11) is 0. The van der Waals surface area contributed by atoms with Crippen molar-refractivity contribution < 1.29 is 13.9 Å². The molecule has 0 saturated carbocycles. The molecule has 1 atom stereocenters. The van der Waals surface area contributed by atoms with E-state index in [-0.39, 0.29) is 24.1 Å². The fourth-order valence-corrected chi connectivity index (χ4v) is 4.76. The third-order valence-corrected chi connectivity index (χ3v) is 6.63. The van der Waals surface area contributed by atoms with Gasteiger partial charge in [-0.2, -0.15) is 0 Å². The van der Waals surface area contributed by atoms with Crippen molar-refractivity contribution in [3.8, 4) is 0 Å². The van der Waals surface area contributed by atoms with Crippen LogP contribution in [0.4, 0.5) is 4.39 Å². The van der Waals surface area contributed by atoms with Crippen LogP contribution in [-0.4, -0.2) is 36.5 Å². The first-order valence-corrected chi connectivity index (χ1v) is 11.0. The first-order chi connectivity index (χ1) is 14.9. The van der Waals surface area contributed by atoms with Gasteiger partial charge in [-0.15, -0.1) is 0 Å². The van der Waals surface area contributed by atoms with Crippen molar-refractivity contribution in [2.75, 3.05) is 19.8 Å². The van der Waals surface area contributed by atoms with Crippen LogP contribution in [0.5, 0.6) is 0 Å². The lowest BCUT2D eigenvalue weighted by atomic mass is 9.85. The third kappa shape index (κ3) is 4.75. The lowest BCUT2D eigenvalue weighted by molar-refractivity contribution is -0.130. The number of nitrogens with two attached hydrogens (primary N) is 1. The zero-order chi connectivity index (χ0) is 22.0. The van der Waals surface area contributed by atoms with Crippen molar-refractivity contribution in [2.45, 2.75) is 38.1 Å². The highest BCUT2D eigenvalue weighted by Gasteiger charge is 2.39. The van der Waals surface area contributed by atoms with E-state index in [1.54, 1.807) is 17.0 Å². The molecule has 2 heterocycles. The Labute approximate surface area is 187 Å². The molecule has 1 saturated heterocycles. The summed E-state index contributed by atoms with van der Waals surface area (Å²) >= 11 is 6.78. The summed E-state index contributed by atoms with van der Waals surface area (Å²) in [6.07, 6.45) is 2.61. The molecule has 2 aromatic carbocycles. The second-order valence-electron chi connectivity index (χ2n) is 8.56. The summed E-state index contributed by atoms with van der Waals surface area (Å²) < 4.78 is 18.6. The molecule has 1 fully saturated rings. The number of halogens is 2. The fraction of sp³-hybridized carbons (Fsp3) is 0.417. The Bertz CT molecular complexity index is 989. The van der Waals surface area contributed by atoms with E-state index in [4.69, 9.17) is 27.1 Å². The Morgan fingerprint density at radius 3 is 2.61 bits per heavy atom. The average Bonchev–Trinajstić information content (AvgIpc) is 2.74. The maximum atomic E-state index is 13.2. The summed E-state index contributed by atoms with van der Waals surface area (Å²) in [5.74, 6) is 0.303. The molecule has 2 N–H and O–H groups in total. The predicted octanol–water partition coefficient (Wildman–Crippen LogP) is 4.26. The van der Waals surface area contributed by atoms with Crippen molar-refractivity contribution in [1.82, 2.24) is 4.90 Å². The van der Waals surface area contributed by atoms with E-state index in [9.17, 15) is 9.18 Å². The van der Waals surface area contributed by atoms with Gasteiger partial charge in [-0.25, -0.2) is 9.38 Å². The van der Waals surface area contributed by atoms with Crippen LogP contribution in [0, 0.1) is 11.7 Å². The molecule has 0 unspecified atom stereocenters. The van der Waals surface area contributed by atoms with Crippen molar-refractivity contribution >= 4 is 23.5 Å². The summed E-state index contributed by atoms with van der Waals surface area (Å²) in [5.41, 5.74) is 8.07. The molecule has 4 rings (SSSR count). The molecule has 164 valence electrons. The van der Waals surface area contributed by atoms with E-state index < -0.39 is 5.54 Å². The minimum atomic E-state index is -0.830. The van der Waals surface area contributed by atoms with E-state index in [0.717, 1.165) is 42.7 Å². The van der Waals surface area contributed by atoms with Crippen LogP contribution in [0.15, 0.2) is 47.5 Å². The lowest BCUT2D eigenvalue weighted by Gasteiger charge is -2.38.